The van der Waals surface area contributed by atoms with Gasteiger partial charge in [-0.05, 0) is 46.2 Å². The first-order chi connectivity index (χ1) is 9.49. The van der Waals surface area contributed by atoms with Crippen molar-refractivity contribution >= 4 is 11.9 Å². The lowest BCUT2D eigenvalue weighted by Crippen LogP contribution is -2.45. The van der Waals surface area contributed by atoms with Crippen LogP contribution >= 0.6 is 0 Å². The molecule has 2 aliphatic rings. The minimum atomic E-state index is -0.742. The van der Waals surface area contributed by atoms with Crippen LogP contribution in [0.25, 0.3) is 0 Å². The molecule has 1 aliphatic heterocycles. The number of carbonyl (C=O) groups excluding carboxylic acids is 1. The fourth-order valence-electron chi connectivity index (χ4n) is 3.61. The Balaban J connectivity index is 1.97. The van der Waals surface area contributed by atoms with E-state index in [1.54, 1.807) is 0 Å². The van der Waals surface area contributed by atoms with Gasteiger partial charge in [0.15, 0.2) is 0 Å². The highest BCUT2D eigenvalue weighted by Gasteiger charge is 2.37. The van der Waals surface area contributed by atoms with Crippen molar-refractivity contribution in [2.45, 2.75) is 44.6 Å². The second-order valence-electron chi connectivity index (χ2n) is 6.49. The third kappa shape index (κ3) is 3.51. The molecule has 3 atom stereocenters. The van der Waals surface area contributed by atoms with Gasteiger partial charge in [0.05, 0.1) is 5.92 Å². The summed E-state index contributed by atoms with van der Waals surface area (Å²) in [5.41, 5.74) is 0. The number of rotatable bonds is 4. The molecule has 20 heavy (non-hydrogen) atoms. The summed E-state index contributed by atoms with van der Waals surface area (Å²) in [6.07, 6.45) is 5.10. The van der Waals surface area contributed by atoms with Crippen molar-refractivity contribution in [2.24, 2.45) is 11.8 Å². The number of carboxylic acid groups (broad SMARTS) is 1. The van der Waals surface area contributed by atoms with Gasteiger partial charge >= 0.3 is 5.97 Å². The molecule has 1 aliphatic carbocycles. The van der Waals surface area contributed by atoms with Crippen LogP contribution in [0.15, 0.2) is 0 Å². The molecule has 0 spiro atoms. The van der Waals surface area contributed by atoms with Gasteiger partial charge in [-0.25, -0.2) is 0 Å². The quantitative estimate of drug-likeness (QED) is 0.847. The van der Waals surface area contributed by atoms with Crippen LogP contribution in [0.1, 0.15) is 38.5 Å². The van der Waals surface area contributed by atoms with E-state index in [1.807, 2.05) is 19.0 Å². The number of hydrogen-bond donors (Lipinski definition) is 1. The number of carbonyl (C=O) groups is 2. The third-order valence-electron chi connectivity index (χ3n) is 4.61. The van der Waals surface area contributed by atoms with Crippen molar-refractivity contribution < 1.29 is 14.7 Å². The molecule has 2 fully saturated rings. The molecule has 5 heteroatoms. The lowest BCUT2D eigenvalue weighted by molar-refractivity contribution is -0.145. The third-order valence-corrected chi connectivity index (χ3v) is 4.61. The van der Waals surface area contributed by atoms with Crippen LogP contribution in [0.5, 0.6) is 0 Å². The zero-order chi connectivity index (χ0) is 14.7. The number of likely N-dealkylation sites (tertiary alicyclic amines) is 1. The average Bonchev–Trinajstić information content (AvgIpc) is 2.85. The van der Waals surface area contributed by atoms with E-state index >= 15 is 0 Å². The molecule has 0 radical (unpaired) electrons. The van der Waals surface area contributed by atoms with Crippen molar-refractivity contribution in [1.82, 2.24) is 9.80 Å². The van der Waals surface area contributed by atoms with Gasteiger partial charge in [0.1, 0.15) is 0 Å². The van der Waals surface area contributed by atoms with Crippen molar-refractivity contribution in [3.63, 3.8) is 0 Å². The molecule has 0 aromatic carbocycles. The summed E-state index contributed by atoms with van der Waals surface area (Å²) in [6.45, 7) is 1.74. The average molecular weight is 282 g/mol. The summed E-state index contributed by atoms with van der Waals surface area (Å²) in [5, 5.41) is 9.14. The van der Waals surface area contributed by atoms with Crippen LogP contribution in [0.3, 0.4) is 0 Å². The molecule has 5 nitrogen and oxygen atoms in total. The summed E-state index contributed by atoms with van der Waals surface area (Å²) in [6, 6.07) is 0.308. The number of amides is 1. The maximum absolute atomic E-state index is 12.7. The van der Waals surface area contributed by atoms with E-state index in [2.05, 4.69) is 4.90 Å². The highest BCUT2D eigenvalue weighted by atomic mass is 16.4. The van der Waals surface area contributed by atoms with E-state index in [0.29, 0.717) is 12.5 Å². The highest BCUT2D eigenvalue weighted by Crippen LogP contribution is 2.32. The molecule has 2 rings (SSSR count). The lowest BCUT2D eigenvalue weighted by Gasteiger charge is -2.33. The van der Waals surface area contributed by atoms with Gasteiger partial charge in [0.2, 0.25) is 5.91 Å². The van der Waals surface area contributed by atoms with Gasteiger partial charge in [-0.1, -0.05) is 6.42 Å². The standard InChI is InChI=1S/C15H26N2O3/c1-16(2)10-13-7-4-8-17(13)14(18)11-5-3-6-12(9-11)15(19)20/h11-13H,3-10H2,1-2H3,(H,19,20). The number of hydrogen-bond acceptors (Lipinski definition) is 3. The maximum Gasteiger partial charge on any atom is 0.306 e. The SMILES string of the molecule is CN(C)CC1CCCN1C(=O)C1CCCC(C(=O)O)C1. The van der Waals surface area contributed by atoms with Crippen LogP contribution in [0, 0.1) is 11.8 Å². The predicted molar refractivity (Wildman–Crippen MR) is 76.4 cm³/mol. The van der Waals surface area contributed by atoms with E-state index in [9.17, 15) is 9.59 Å². The smallest absolute Gasteiger partial charge is 0.306 e. The maximum atomic E-state index is 12.7. The summed E-state index contributed by atoms with van der Waals surface area (Å²) in [7, 11) is 4.06. The van der Waals surface area contributed by atoms with Crippen LogP contribution in [0.4, 0.5) is 0 Å². The molecule has 0 bridgehead atoms. The Morgan fingerprint density at radius 2 is 1.85 bits per heavy atom. The van der Waals surface area contributed by atoms with Gasteiger partial charge in [-0.3, -0.25) is 9.59 Å². The van der Waals surface area contributed by atoms with E-state index < -0.39 is 5.97 Å². The Hall–Kier alpha value is -1.10. The van der Waals surface area contributed by atoms with Crippen LogP contribution in [-0.2, 0) is 9.59 Å². The van der Waals surface area contributed by atoms with Crippen LogP contribution in [-0.4, -0.2) is 60.0 Å². The molecule has 1 amide bonds. The van der Waals surface area contributed by atoms with Gasteiger partial charge in [-0.2, -0.15) is 0 Å². The Morgan fingerprint density at radius 3 is 2.50 bits per heavy atom. The second-order valence-corrected chi connectivity index (χ2v) is 6.49. The second kappa shape index (κ2) is 6.57. The van der Waals surface area contributed by atoms with Crippen molar-refractivity contribution in [3.8, 4) is 0 Å². The van der Waals surface area contributed by atoms with E-state index in [1.165, 1.54) is 0 Å². The zero-order valence-corrected chi connectivity index (χ0v) is 12.5. The molecular weight excluding hydrogens is 256 g/mol. The summed E-state index contributed by atoms with van der Waals surface area (Å²) < 4.78 is 0. The van der Waals surface area contributed by atoms with Crippen molar-refractivity contribution in [1.29, 1.82) is 0 Å². The first kappa shape index (κ1) is 15.3. The molecule has 3 unspecified atom stereocenters. The van der Waals surface area contributed by atoms with Gasteiger partial charge in [0.25, 0.3) is 0 Å². The summed E-state index contributed by atoms with van der Waals surface area (Å²) >= 11 is 0. The molecule has 0 aromatic rings. The summed E-state index contributed by atoms with van der Waals surface area (Å²) in [4.78, 5) is 27.9. The monoisotopic (exact) mass is 282 g/mol. The molecule has 0 aromatic heterocycles. The zero-order valence-electron chi connectivity index (χ0n) is 12.5. The van der Waals surface area contributed by atoms with Crippen molar-refractivity contribution in [3.05, 3.63) is 0 Å². The van der Waals surface area contributed by atoms with Gasteiger partial charge in [-0.15, -0.1) is 0 Å². The van der Waals surface area contributed by atoms with Crippen molar-refractivity contribution in [2.75, 3.05) is 27.2 Å². The first-order valence-corrected chi connectivity index (χ1v) is 7.67. The Bertz CT molecular complexity index is 370. The fraction of sp³-hybridized carbons (Fsp3) is 0.867. The summed E-state index contributed by atoms with van der Waals surface area (Å²) in [5.74, 6) is -0.950. The first-order valence-electron chi connectivity index (χ1n) is 7.67. The van der Waals surface area contributed by atoms with E-state index in [4.69, 9.17) is 5.11 Å². The molecule has 114 valence electrons. The molecule has 1 heterocycles. The normalized spacial score (nSPS) is 30.8. The lowest BCUT2D eigenvalue weighted by atomic mass is 9.80. The number of likely N-dealkylation sites (N-methyl/N-ethyl adjacent to an activating group) is 1. The van der Waals surface area contributed by atoms with Gasteiger partial charge in [0, 0.05) is 25.0 Å². The fourth-order valence-corrected chi connectivity index (χ4v) is 3.61. The predicted octanol–water partition coefficient (Wildman–Crippen LogP) is 1.43. The minimum Gasteiger partial charge on any atom is -0.481 e. The Labute approximate surface area is 120 Å². The van der Waals surface area contributed by atoms with E-state index in [0.717, 1.165) is 45.2 Å². The number of nitrogens with zero attached hydrogens (tertiary/aromatic N) is 2. The van der Waals surface area contributed by atoms with Gasteiger partial charge < -0.3 is 14.9 Å². The molecule has 1 N–H and O–H groups in total. The van der Waals surface area contributed by atoms with Crippen LogP contribution < -0.4 is 0 Å². The molecule has 1 saturated heterocycles. The topological polar surface area (TPSA) is 60.9 Å². The number of aliphatic carboxylic acids is 1. The molecule has 1 saturated carbocycles. The number of carboxylic acids is 1. The van der Waals surface area contributed by atoms with E-state index in [-0.39, 0.29) is 17.7 Å². The molecular formula is C15H26N2O3. The Kier molecular flexibility index (Phi) is 5.02. The Morgan fingerprint density at radius 1 is 1.15 bits per heavy atom. The largest absolute Gasteiger partial charge is 0.481 e. The van der Waals surface area contributed by atoms with Crippen LogP contribution in [0.2, 0.25) is 0 Å². The minimum absolute atomic E-state index is 0.0763. The highest BCUT2D eigenvalue weighted by molar-refractivity contribution is 5.81.